The number of oxime groups is 1. The number of carbonyl (C=O) groups is 1. The van der Waals surface area contributed by atoms with Gasteiger partial charge in [0, 0.05) is 12.7 Å². The van der Waals surface area contributed by atoms with Crippen molar-refractivity contribution in [1.82, 2.24) is 9.88 Å². The summed E-state index contributed by atoms with van der Waals surface area (Å²) in [5.74, 6) is -0.317. The Labute approximate surface area is 99.7 Å². The van der Waals surface area contributed by atoms with E-state index in [1.165, 1.54) is 4.90 Å². The molecule has 1 heterocycles. The second kappa shape index (κ2) is 5.83. The van der Waals surface area contributed by atoms with Gasteiger partial charge in [-0.2, -0.15) is 0 Å². The molecule has 0 aliphatic carbocycles. The van der Waals surface area contributed by atoms with Crippen molar-refractivity contribution in [3.8, 4) is 0 Å². The highest BCUT2D eigenvalue weighted by atomic mass is 16.4. The Morgan fingerprint density at radius 1 is 1.59 bits per heavy atom. The highest BCUT2D eigenvalue weighted by Gasteiger charge is 2.11. The summed E-state index contributed by atoms with van der Waals surface area (Å²) in [6, 6.07) is 5.63. The lowest BCUT2D eigenvalue weighted by Crippen LogP contribution is -2.30. The van der Waals surface area contributed by atoms with Gasteiger partial charge in [-0.15, -0.1) is 0 Å². The first-order chi connectivity index (χ1) is 8.02. The van der Waals surface area contributed by atoms with Gasteiger partial charge >= 0.3 is 0 Å². The second-order valence-corrected chi connectivity index (χ2v) is 3.79. The number of nitrogens with zero attached hydrogens (tertiary/aromatic N) is 3. The van der Waals surface area contributed by atoms with Gasteiger partial charge in [-0.1, -0.05) is 11.2 Å². The number of carbonyl (C=O) groups excluding carboxylic acids is 1. The van der Waals surface area contributed by atoms with Crippen LogP contribution in [0, 0.1) is 6.92 Å². The zero-order chi connectivity index (χ0) is 12.8. The zero-order valence-corrected chi connectivity index (χ0v) is 9.92. The van der Waals surface area contributed by atoms with Crippen LogP contribution in [0.15, 0.2) is 23.4 Å². The van der Waals surface area contributed by atoms with Gasteiger partial charge in [0.15, 0.2) is 0 Å². The number of amides is 1. The Kier molecular flexibility index (Phi) is 4.45. The third kappa shape index (κ3) is 4.10. The van der Waals surface area contributed by atoms with E-state index in [2.05, 4.69) is 10.1 Å². The van der Waals surface area contributed by atoms with Gasteiger partial charge in [0.25, 0.3) is 0 Å². The van der Waals surface area contributed by atoms with Gasteiger partial charge in [-0.25, -0.2) is 0 Å². The lowest BCUT2D eigenvalue weighted by Gasteiger charge is -2.16. The zero-order valence-electron chi connectivity index (χ0n) is 9.92. The predicted octanol–water partition coefficient (Wildman–Crippen LogP) is 0.485. The number of aryl methyl sites for hydroxylation is 1. The number of hydrogen-bond donors (Lipinski definition) is 2. The third-order valence-electron chi connectivity index (χ3n) is 2.23. The summed E-state index contributed by atoms with van der Waals surface area (Å²) in [7, 11) is 1.65. The second-order valence-electron chi connectivity index (χ2n) is 3.79. The first kappa shape index (κ1) is 13.0. The standard InChI is InChI=1S/C11H16N4O2/c1-8-4-3-5-9(13-8)7-15(2)11(16)6-10(12)14-17/h3-5,17H,6-7H2,1-2H3,(H2,12,14). The minimum absolute atomic E-state index is 0.0981. The minimum atomic E-state index is -0.219. The molecule has 0 unspecified atom stereocenters. The van der Waals surface area contributed by atoms with E-state index in [1.54, 1.807) is 7.05 Å². The van der Waals surface area contributed by atoms with Crippen molar-refractivity contribution < 1.29 is 10.0 Å². The summed E-state index contributed by atoms with van der Waals surface area (Å²) < 4.78 is 0. The van der Waals surface area contributed by atoms with Crippen LogP contribution in [-0.2, 0) is 11.3 Å². The summed E-state index contributed by atoms with van der Waals surface area (Å²) in [4.78, 5) is 17.4. The van der Waals surface area contributed by atoms with E-state index >= 15 is 0 Å². The highest BCUT2D eigenvalue weighted by Crippen LogP contribution is 2.03. The predicted molar refractivity (Wildman–Crippen MR) is 63.5 cm³/mol. The van der Waals surface area contributed by atoms with Crippen LogP contribution in [0.5, 0.6) is 0 Å². The van der Waals surface area contributed by atoms with Crippen LogP contribution in [0.25, 0.3) is 0 Å². The lowest BCUT2D eigenvalue weighted by molar-refractivity contribution is -0.129. The molecule has 0 aromatic carbocycles. The van der Waals surface area contributed by atoms with Crippen molar-refractivity contribution in [2.45, 2.75) is 19.9 Å². The molecule has 6 nitrogen and oxygen atoms in total. The quantitative estimate of drug-likeness (QED) is 0.344. The van der Waals surface area contributed by atoms with Crippen LogP contribution in [0.3, 0.4) is 0 Å². The van der Waals surface area contributed by atoms with Crippen molar-refractivity contribution in [2.75, 3.05) is 7.05 Å². The van der Waals surface area contributed by atoms with E-state index in [0.29, 0.717) is 6.54 Å². The van der Waals surface area contributed by atoms with Crippen molar-refractivity contribution in [2.24, 2.45) is 10.9 Å². The van der Waals surface area contributed by atoms with E-state index in [0.717, 1.165) is 11.4 Å². The van der Waals surface area contributed by atoms with Gasteiger partial charge in [0.05, 0.1) is 18.7 Å². The van der Waals surface area contributed by atoms with Crippen molar-refractivity contribution in [3.63, 3.8) is 0 Å². The molecule has 0 radical (unpaired) electrons. The van der Waals surface area contributed by atoms with Gasteiger partial charge < -0.3 is 15.8 Å². The Morgan fingerprint density at radius 3 is 2.88 bits per heavy atom. The number of hydrogen-bond acceptors (Lipinski definition) is 4. The van der Waals surface area contributed by atoms with Crippen LogP contribution in [-0.4, -0.2) is 33.9 Å². The molecular formula is C11H16N4O2. The number of pyridine rings is 1. The fourth-order valence-corrected chi connectivity index (χ4v) is 1.34. The molecule has 0 aliphatic heterocycles. The average molecular weight is 236 g/mol. The monoisotopic (exact) mass is 236 g/mol. The van der Waals surface area contributed by atoms with Crippen LogP contribution in [0.4, 0.5) is 0 Å². The molecule has 0 saturated heterocycles. The van der Waals surface area contributed by atoms with Gasteiger partial charge in [-0.3, -0.25) is 9.78 Å². The summed E-state index contributed by atoms with van der Waals surface area (Å²) >= 11 is 0. The molecular weight excluding hydrogens is 220 g/mol. The molecule has 1 aromatic heterocycles. The fraction of sp³-hybridized carbons (Fsp3) is 0.364. The largest absolute Gasteiger partial charge is 0.409 e. The molecule has 1 rings (SSSR count). The molecule has 0 saturated carbocycles. The normalized spacial score (nSPS) is 11.3. The molecule has 0 spiro atoms. The number of nitrogens with two attached hydrogens (primary N) is 1. The highest BCUT2D eigenvalue weighted by molar-refractivity contribution is 5.98. The van der Waals surface area contributed by atoms with Crippen LogP contribution in [0.2, 0.25) is 0 Å². The number of aromatic nitrogens is 1. The fourth-order valence-electron chi connectivity index (χ4n) is 1.34. The molecule has 6 heteroatoms. The van der Waals surface area contributed by atoms with Crippen LogP contribution >= 0.6 is 0 Å². The first-order valence-corrected chi connectivity index (χ1v) is 5.16. The topological polar surface area (TPSA) is 91.8 Å². The maximum atomic E-state index is 11.6. The third-order valence-corrected chi connectivity index (χ3v) is 2.23. The molecule has 1 aromatic rings. The van der Waals surface area contributed by atoms with Gasteiger partial charge in [-0.05, 0) is 19.1 Å². The van der Waals surface area contributed by atoms with E-state index in [-0.39, 0.29) is 18.2 Å². The van der Waals surface area contributed by atoms with E-state index in [4.69, 9.17) is 10.9 Å². The number of amidine groups is 1. The summed E-state index contributed by atoms with van der Waals surface area (Å²) in [6.07, 6.45) is -0.0984. The molecule has 1 amide bonds. The van der Waals surface area contributed by atoms with Crippen LogP contribution in [0.1, 0.15) is 17.8 Å². The Balaban J connectivity index is 2.60. The Morgan fingerprint density at radius 2 is 2.29 bits per heavy atom. The van der Waals surface area contributed by atoms with E-state index in [9.17, 15) is 4.79 Å². The number of rotatable bonds is 4. The average Bonchev–Trinajstić information content (AvgIpc) is 2.28. The molecule has 0 bridgehead atoms. The van der Waals surface area contributed by atoms with Crippen molar-refractivity contribution in [1.29, 1.82) is 0 Å². The van der Waals surface area contributed by atoms with Crippen molar-refractivity contribution in [3.05, 3.63) is 29.6 Å². The molecule has 0 aliphatic rings. The molecule has 3 N–H and O–H groups in total. The molecule has 0 fully saturated rings. The van der Waals surface area contributed by atoms with Crippen LogP contribution < -0.4 is 5.73 Å². The molecule has 92 valence electrons. The SMILES string of the molecule is Cc1cccc(CN(C)C(=O)CC(N)=NO)n1. The Bertz CT molecular complexity index is 431. The maximum Gasteiger partial charge on any atom is 0.230 e. The first-order valence-electron chi connectivity index (χ1n) is 5.16. The summed E-state index contributed by atoms with van der Waals surface area (Å²) in [5, 5.41) is 11.1. The van der Waals surface area contributed by atoms with Gasteiger partial charge in [0.1, 0.15) is 5.84 Å². The maximum absolute atomic E-state index is 11.6. The van der Waals surface area contributed by atoms with Crippen molar-refractivity contribution >= 4 is 11.7 Å². The minimum Gasteiger partial charge on any atom is -0.409 e. The summed E-state index contributed by atoms with van der Waals surface area (Å²) in [5.41, 5.74) is 6.97. The summed E-state index contributed by atoms with van der Waals surface area (Å²) in [6.45, 7) is 2.29. The lowest BCUT2D eigenvalue weighted by atomic mass is 10.3. The smallest absolute Gasteiger partial charge is 0.230 e. The molecule has 17 heavy (non-hydrogen) atoms. The van der Waals surface area contributed by atoms with E-state index < -0.39 is 0 Å². The molecule has 0 atom stereocenters. The van der Waals surface area contributed by atoms with Gasteiger partial charge in [0.2, 0.25) is 5.91 Å². The van der Waals surface area contributed by atoms with E-state index in [1.807, 2.05) is 25.1 Å². The Hall–Kier alpha value is -2.11.